The van der Waals surface area contributed by atoms with Gasteiger partial charge in [0.25, 0.3) is 0 Å². The van der Waals surface area contributed by atoms with Crippen LogP contribution in [0.15, 0.2) is 0 Å². The first kappa shape index (κ1) is 31.3. The van der Waals surface area contributed by atoms with Crippen molar-refractivity contribution in [1.82, 2.24) is 4.90 Å². The minimum absolute atomic E-state index is 0.548. The maximum Gasteiger partial charge on any atom is 0.679 e. The lowest BCUT2D eigenvalue weighted by atomic mass is 10.6. The predicted molar refractivity (Wildman–Crippen MR) is 121 cm³/mol. The maximum absolute atomic E-state index is 5.80. The molecule has 10 heteroatoms. The number of hydrogen-bond acceptors (Lipinski definition) is 8. The normalized spacial score (nSPS) is 12.2. The summed E-state index contributed by atoms with van der Waals surface area (Å²) in [7, 11) is -5.27. The molecule has 0 aliphatic carbocycles. The Bertz CT molecular complexity index is 304. The number of nitrogens with zero attached hydrogens (tertiary/aromatic N) is 1. The Balaban J connectivity index is 0. The molecule has 0 aromatic rings. The molecule has 0 amide bonds. The van der Waals surface area contributed by atoms with Crippen molar-refractivity contribution in [1.29, 1.82) is 0 Å². The molecule has 0 atom stereocenters. The van der Waals surface area contributed by atoms with Crippen molar-refractivity contribution >= 4 is 17.9 Å². The third-order valence-corrected chi connectivity index (χ3v) is 9.28. The van der Waals surface area contributed by atoms with Gasteiger partial charge in [-0.3, -0.25) is 4.90 Å². The Morgan fingerprint density at radius 1 is 0.448 bits per heavy atom. The van der Waals surface area contributed by atoms with Gasteiger partial charge in [0.05, 0.1) is 6.17 Å². The van der Waals surface area contributed by atoms with Gasteiger partial charge in [0, 0.05) is 46.2 Å². The van der Waals surface area contributed by atoms with Gasteiger partial charge < -0.3 is 31.0 Å². The van der Waals surface area contributed by atoms with Gasteiger partial charge in [-0.25, -0.2) is 0 Å². The van der Waals surface area contributed by atoms with Crippen LogP contribution >= 0.6 is 0 Å². The van der Waals surface area contributed by atoms with E-state index in [9.17, 15) is 0 Å². The molecule has 29 heavy (non-hydrogen) atoms. The van der Waals surface area contributed by atoms with E-state index >= 15 is 0 Å². The molecule has 0 rings (SSSR count). The molecule has 0 saturated heterocycles. The average Bonchev–Trinajstić information content (AvgIpc) is 2.68. The highest BCUT2D eigenvalue weighted by molar-refractivity contribution is 6.60. The van der Waals surface area contributed by atoms with Crippen LogP contribution in [0.5, 0.6) is 0 Å². The standard InChI is InChI=1S/C11H27NO3Si.C8H20O4Si/c1-6-12(7-2)11-16(13-8-3,14-9-4)15-10-5;1-5-9-13(10-6-2,11-7-3)12-8-4/h6-11H2,1-5H3;5-8H2,1-4H3. The second-order valence-corrected chi connectivity index (χ2v) is 10.4. The molecule has 0 aromatic heterocycles. The molecule has 0 saturated carbocycles. The van der Waals surface area contributed by atoms with E-state index in [2.05, 4.69) is 18.7 Å². The summed E-state index contributed by atoms with van der Waals surface area (Å²) >= 11 is 0. The molecule has 0 fully saturated rings. The zero-order valence-electron chi connectivity index (χ0n) is 20.4. The average molecular weight is 458 g/mol. The second kappa shape index (κ2) is 20.0. The smallest absolute Gasteiger partial charge is 0.373 e. The van der Waals surface area contributed by atoms with Crippen LogP contribution in [0.3, 0.4) is 0 Å². The fourth-order valence-electron chi connectivity index (χ4n) is 2.60. The van der Waals surface area contributed by atoms with E-state index in [4.69, 9.17) is 31.0 Å². The van der Waals surface area contributed by atoms with Crippen molar-refractivity contribution in [3.8, 4) is 0 Å². The highest BCUT2D eigenvalue weighted by Crippen LogP contribution is 2.12. The first-order valence-corrected chi connectivity index (χ1v) is 14.7. The van der Waals surface area contributed by atoms with Gasteiger partial charge in [-0.15, -0.1) is 0 Å². The summed E-state index contributed by atoms with van der Waals surface area (Å²) in [5.41, 5.74) is 0. The van der Waals surface area contributed by atoms with E-state index < -0.39 is 17.9 Å². The minimum Gasteiger partial charge on any atom is -0.373 e. The van der Waals surface area contributed by atoms with Crippen LogP contribution in [0.2, 0.25) is 0 Å². The van der Waals surface area contributed by atoms with Gasteiger partial charge in [-0.2, -0.15) is 0 Å². The minimum atomic E-state index is -2.80. The highest BCUT2D eigenvalue weighted by Gasteiger charge is 2.44. The van der Waals surface area contributed by atoms with E-state index in [0.717, 1.165) is 19.3 Å². The third kappa shape index (κ3) is 13.9. The van der Waals surface area contributed by atoms with E-state index in [-0.39, 0.29) is 0 Å². The van der Waals surface area contributed by atoms with Crippen LogP contribution in [0.4, 0.5) is 0 Å². The summed E-state index contributed by atoms with van der Waals surface area (Å²) in [4.78, 5) is 2.30. The summed E-state index contributed by atoms with van der Waals surface area (Å²) in [5, 5.41) is 0. The predicted octanol–water partition coefficient (Wildman–Crippen LogP) is 3.48. The van der Waals surface area contributed by atoms with Crippen molar-refractivity contribution in [3.63, 3.8) is 0 Å². The molecule has 8 nitrogen and oxygen atoms in total. The molecule has 0 aliphatic rings. The van der Waals surface area contributed by atoms with Crippen molar-refractivity contribution in [2.45, 2.75) is 62.3 Å². The largest absolute Gasteiger partial charge is 0.679 e. The zero-order valence-corrected chi connectivity index (χ0v) is 22.4. The van der Waals surface area contributed by atoms with Gasteiger partial charge >= 0.3 is 17.9 Å². The molecule has 0 radical (unpaired) electrons. The zero-order chi connectivity index (χ0) is 22.6. The van der Waals surface area contributed by atoms with Gasteiger partial charge in [-0.1, -0.05) is 13.8 Å². The highest BCUT2D eigenvalue weighted by atomic mass is 28.4. The lowest BCUT2D eigenvalue weighted by Gasteiger charge is -2.32. The monoisotopic (exact) mass is 457 g/mol. The Morgan fingerprint density at radius 2 is 0.724 bits per heavy atom. The summed E-state index contributed by atoms with van der Waals surface area (Å²) in [6.07, 6.45) is 0.787. The molecule has 0 aromatic carbocycles. The summed E-state index contributed by atoms with van der Waals surface area (Å²) < 4.78 is 39.1. The second-order valence-electron chi connectivity index (χ2n) is 5.68. The van der Waals surface area contributed by atoms with Crippen molar-refractivity contribution in [2.75, 3.05) is 65.5 Å². The van der Waals surface area contributed by atoms with Crippen LogP contribution in [0.25, 0.3) is 0 Å². The van der Waals surface area contributed by atoms with Crippen molar-refractivity contribution in [3.05, 3.63) is 0 Å². The lowest BCUT2D eigenvalue weighted by Crippen LogP contribution is -2.55. The first-order chi connectivity index (χ1) is 13.9. The quantitative estimate of drug-likeness (QED) is 0.290. The molecule has 0 N–H and O–H groups in total. The lowest BCUT2D eigenvalue weighted by molar-refractivity contribution is -0.0247. The number of hydrogen-bond donors (Lipinski definition) is 0. The van der Waals surface area contributed by atoms with Crippen LogP contribution in [0, 0.1) is 0 Å². The Morgan fingerprint density at radius 3 is 0.931 bits per heavy atom. The third-order valence-electron chi connectivity index (χ3n) is 3.69. The van der Waals surface area contributed by atoms with Crippen LogP contribution < -0.4 is 0 Å². The van der Waals surface area contributed by atoms with E-state index in [1.165, 1.54) is 0 Å². The van der Waals surface area contributed by atoms with Gasteiger partial charge in [0.1, 0.15) is 0 Å². The Kier molecular flexibility index (Phi) is 21.6. The Hall–Kier alpha value is 0.114. The summed E-state index contributed by atoms with van der Waals surface area (Å²) in [5.74, 6) is 0. The summed E-state index contributed by atoms with van der Waals surface area (Å²) in [6.45, 7) is 24.0. The molecule has 0 bridgehead atoms. The van der Waals surface area contributed by atoms with Crippen molar-refractivity contribution < 1.29 is 31.0 Å². The van der Waals surface area contributed by atoms with E-state index in [1.807, 2.05) is 48.5 Å². The van der Waals surface area contributed by atoms with E-state index in [0.29, 0.717) is 46.2 Å². The maximum atomic E-state index is 5.80. The van der Waals surface area contributed by atoms with Crippen LogP contribution in [-0.2, 0) is 31.0 Å². The van der Waals surface area contributed by atoms with Crippen LogP contribution in [0.1, 0.15) is 62.3 Å². The number of rotatable bonds is 18. The molecule has 0 aliphatic heterocycles. The van der Waals surface area contributed by atoms with Gasteiger partial charge in [0.15, 0.2) is 0 Å². The van der Waals surface area contributed by atoms with Crippen LogP contribution in [-0.4, -0.2) is 88.3 Å². The SMILES string of the molecule is CCO[Si](CN(CC)CC)(OCC)OCC.CCO[Si](OCC)(OCC)OCC. The van der Waals surface area contributed by atoms with E-state index in [1.54, 1.807) is 0 Å². The fraction of sp³-hybridized carbons (Fsp3) is 1.00. The first-order valence-electron chi connectivity index (χ1n) is 11.1. The fourth-order valence-corrected chi connectivity index (χ4v) is 7.35. The topological polar surface area (TPSA) is 67.9 Å². The Labute approximate surface area is 181 Å². The van der Waals surface area contributed by atoms with Crippen molar-refractivity contribution in [2.24, 2.45) is 0 Å². The van der Waals surface area contributed by atoms with Gasteiger partial charge in [0.2, 0.25) is 0 Å². The molecule has 0 spiro atoms. The summed E-state index contributed by atoms with van der Waals surface area (Å²) in [6, 6.07) is 0. The molecule has 178 valence electrons. The molecular weight excluding hydrogens is 410 g/mol. The molecule has 0 unspecified atom stereocenters. The molecular formula is C19H47NO7Si2. The van der Waals surface area contributed by atoms with Gasteiger partial charge in [-0.05, 0) is 61.6 Å². The molecule has 0 heterocycles.